The third-order valence-electron chi connectivity index (χ3n) is 7.80. The average Bonchev–Trinajstić information content (AvgIpc) is 2.88. The monoisotopic (exact) mass is 314 g/mol. The van der Waals surface area contributed by atoms with Crippen molar-refractivity contribution in [2.75, 3.05) is 0 Å². The molecule has 4 aliphatic carbocycles. The molecule has 0 spiro atoms. The van der Waals surface area contributed by atoms with Crippen LogP contribution in [0.25, 0.3) is 0 Å². The molecule has 2 fully saturated rings. The van der Waals surface area contributed by atoms with E-state index in [4.69, 9.17) is 0 Å². The van der Waals surface area contributed by atoms with Crippen LogP contribution >= 0.6 is 0 Å². The summed E-state index contributed by atoms with van der Waals surface area (Å²) in [4.78, 5) is 23.9. The smallest absolute Gasteiger partial charge is 0.172 e. The maximum atomic E-state index is 12.4. The maximum Gasteiger partial charge on any atom is 0.172 e. The number of carbonyl (C=O) groups excluding carboxylic acids is 2. The predicted molar refractivity (Wildman–Crippen MR) is 87.5 cm³/mol. The van der Waals surface area contributed by atoms with Crippen molar-refractivity contribution in [2.45, 2.75) is 45.6 Å². The number of ketones is 1. The summed E-state index contributed by atoms with van der Waals surface area (Å²) >= 11 is 0. The highest BCUT2D eigenvalue weighted by Crippen LogP contribution is 2.64. The molecular formula is C20H26O3. The summed E-state index contributed by atoms with van der Waals surface area (Å²) in [5.74, 6) is 1.37. The Balaban J connectivity index is 1.73. The lowest BCUT2D eigenvalue weighted by atomic mass is 9.48. The Morgan fingerprint density at radius 1 is 1.13 bits per heavy atom. The lowest BCUT2D eigenvalue weighted by Crippen LogP contribution is -2.53. The molecule has 3 unspecified atom stereocenters. The van der Waals surface area contributed by atoms with Gasteiger partial charge in [-0.15, -0.1) is 0 Å². The van der Waals surface area contributed by atoms with Gasteiger partial charge in [-0.3, -0.25) is 4.79 Å². The highest BCUT2D eigenvalue weighted by atomic mass is 16.3. The van der Waals surface area contributed by atoms with Crippen LogP contribution in [0.4, 0.5) is 0 Å². The van der Waals surface area contributed by atoms with E-state index in [0.29, 0.717) is 17.8 Å². The van der Waals surface area contributed by atoms with Crippen molar-refractivity contribution in [1.29, 1.82) is 0 Å². The second-order valence-corrected chi connectivity index (χ2v) is 8.59. The minimum absolute atomic E-state index is 0.0600. The largest absolute Gasteiger partial charge is 0.381 e. The first-order valence-electron chi connectivity index (χ1n) is 8.96. The van der Waals surface area contributed by atoms with Gasteiger partial charge in [-0.05, 0) is 48.9 Å². The molecule has 2 saturated carbocycles. The van der Waals surface area contributed by atoms with Crippen molar-refractivity contribution in [1.82, 2.24) is 0 Å². The Bertz CT molecular complexity index is 606. The molecule has 0 radical (unpaired) electrons. The van der Waals surface area contributed by atoms with Crippen molar-refractivity contribution < 1.29 is 14.7 Å². The van der Waals surface area contributed by atoms with Gasteiger partial charge in [0.05, 0.1) is 0 Å². The molecule has 23 heavy (non-hydrogen) atoms. The molecule has 0 aromatic rings. The van der Waals surface area contributed by atoms with Crippen molar-refractivity contribution in [3.63, 3.8) is 0 Å². The molecule has 0 aliphatic heterocycles. The summed E-state index contributed by atoms with van der Waals surface area (Å²) < 4.78 is 0. The molecule has 0 saturated heterocycles. The Hall–Kier alpha value is -1.22. The van der Waals surface area contributed by atoms with Gasteiger partial charge in [0.25, 0.3) is 0 Å². The average molecular weight is 314 g/mol. The van der Waals surface area contributed by atoms with Crippen LogP contribution in [0.2, 0.25) is 0 Å². The third kappa shape index (κ3) is 1.86. The van der Waals surface area contributed by atoms with Gasteiger partial charge in [-0.2, -0.15) is 0 Å². The van der Waals surface area contributed by atoms with Gasteiger partial charge in [-0.1, -0.05) is 38.2 Å². The standard InChI is InChI=1S/C20H26O3/c1-19-9-7-15-13(14(19)5-3-12(19)11-21)4-6-16-18(23)17(22)8-10-20(15,16)2/h4,6,8,10-17,22H,3,5,7,9H2,1-2H3/t12?,13-,14-,15-,16?,17?,19+,20+/m0/s1. The van der Waals surface area contributed by atoms with Gasteiger partial charge >= 0.3 is 0 Å². The number of aldehydes is 1. The lowest BCUT2D eigenvalue weighted by Gasteiger charge is -2.56. The first kappa shape index (κ1) is 15.3. The van der Waals surface area contributed by atoms with Crippen LogP contribution in [0.15, 0.2) is 24.3 Å². The Morgan fingerprint density at radius 2 is 1.91 bits per heavy atom. The number of carbonyl (C=O) groups is 2. The van der Waals surface area contributed by atoms with Crippen LogP contribution in [-0.2, 0) is 9.59 Å². The molecule has 0 aromatic carbocycles. The first-order chi connectivity index (χ1) is 10.9. The fourth-order valence-corrected chi connectivity index (χ4v) is 6.34. The van der Waals surface area contributed by atoms with E-state index in [0.717, 1.165) is 25.7 Å². The summed E-state index contributed by atoms with van der Waals surface area (Å²) in [5.41, 5.74) is -0.0608. The number of allylic oxidation sites excluding steroid dienone is 3. The van der Waals surface area contributed by atoms with Crippen LogP contribution in [-0.4, -0.2) is 23.3 Å². The van der Waals surface area contributed by atoms with Crippen LogP contribution in [0, 0.1) is 40.4 Å². The maximum absolute atomic E-state index is 12.4. The quantitative estimate of drug-likeness (QED) is 0.598. The molecule has 0 aromatic heterocycles. The molecule has 3 nitrogen and oxygen atoms in total. The van der Waals surface area contributed by atoms with Gasteiger partial charge in [0.1, 0.15) is 12.4 Å². The molecule has 3 heteroatoms. The molecule has 1 N–H and O–H groups in total. The summed E-state index contributed by atoms with van der Waals surface area (Å²) in [6, 6.07) is 0. The van der Waals surface area contributed by atoms with Crippen LogP contribution < -0.4 is 0 Å². The normalized spacial score (nSPS) is 54.3. The van der Waals surface area contributed by atoms with Gasteiger partial charge in [0.15, 0.2) is 5.78 Å². The van der Waals surface area contributed by atoms with Gasteiger partial charge in [0, 0.05) is 17.3 Å². The number of hydrogen-bond donors (Lipinski definition) is 1. The van der Waals surface area contributed by atoms with Crippen LogP contribution in [0.3, 0.4) is 0 Å². The molecule has 0 amide bonds. The van der Waals surface area contributed by atoms with Crippen LogP contribution in [0.5, 0.6) is 0 Å². The van der Waals surface area contributed by atoms with E-state index >= 15 is 0 Å². The molecular weight excluding hydrogens is 288 g/mol. The molecule has 124 valence electrons. The molecule has 4 aliphatic rings. The number of aliphatic hydroxyl groups is 1. The first-order valence-corrected chi connectivity index (χ1v) is 8.96. The lowest BCUT2D eigenvalue weighted by molar-refractivity contribution is -0.135. The molecule has 0 bridgehead atoms. The number of hydrogen-bond acceptors (Lipinski definition) is 3. The fraction of sp³-hybridized carbons (Fsp3) is 0.700. The summed E-state index contributed by atoms with van der Waals surface area (Å²) in [5, 5.41) is 9.88. The summed E-state index contributed by atoms with van der Waals surface area (Å²) in [6.07, 6.45) is 12.6. The van der Waals surface area contributed by atoms with Crippen molar-refractivity contribution in [3.05, 3.63) is 24.3 Å². The van der Waals surface area contributed by atoms with Crippen LogP contribution in [0.1, 0.15) is 39.5 Å². The summed E-state index contributed by atoms with van der Waals surface area (Å²) in [6.45, 7) is 4.49. The Morgan fingerprint density at radius 3 is 2.65 bits per heavy atom. The van der Waals surface area contributed by atoms with E-state index in [9.17, 15) is 14.7 Å². The number of aliphatic hydroxyl groups excluding tert-OH is 1. The van der Waals surface area contributed by atoms with E-state index in [1.54, 1.807) is 6.08 Å². The van der Waals surface area contributed by atoms with E-state index in [-0.39, 0.29) is 28.4 Å². The zero-order valence-electron chi connectivity index (χ0n) is 13.9. The highest BCUT2D eigenvalue weighted by Gasteiger charge is 2.59. The van der Waals surface area contributed by atoms with E-state index in [1.807, 2.05) is 0 Å². The molecule has 8 atom stereocenters. The second-order valence-electron chi connectivity index (χ2n) is 8.59. The van der Waals surface area contributed by atoms with Gasteiger partial charge < -0.3 is 9.90 Å². The van der Waals surface area contributed by atoms with Crippen molar-refractivity contribution >= 4 is 12.1 Å². The van der Waals surface area contributed by atoms with Crippen molar-refractivity contribution in [2.24, 2.45) is 40.4 Å². The number of Topliss-reactive ketones (excluding diaryl/α,β-unsaturated/α-hetero) is 1. The SMILES string of the molecule is C[C@]12C=CC(O)C(=O)C1C=C[C@@H]1[C@@H]2CC[C@]2(C)C(C=O)CC[C@@H]12. The van der Waals surface area contributed by atoms with E-state index in [1.165, 1.54) is 6.29 Å². The van der Waals surface area contributed by atoms with E-state index in [2.05, 4.69) is 32.1 Å². The van der Waals surface area contributed by atoms with E-state index < -0.39 is 6.10 Å². The number of rotatable bonds is 1. The Labute approximate surface area is 137 Å². The molecule has 4 rings (SSSR count). The number of fused-ring (bicyclic) bond motifs is 5. The summed E-state index contributed by atoms with van der Waals surface area (Å²) in [7, 11) is 0. The minimum atomic E-state index is -0.950. The zero-order valence-corrected chi connectivity index (χ0v) is 13.9. The second kappa shape index (κ2) is 4.89. The third-order valence-corrected chi connectivity index (χ3v) is 7.80. The topological polar surface area (TPSA) is 54.4 Å². The van der Waals surface area contributed by atoms with Crippen molar-refractivity contribution in [3.8, 4) is 0 Å². The molecule has 0 heterocycles. The highest BCUT2D eigenvalue weighted by molar-refractivity contribution is 5.90. The zero-order chi connectivity index (χ0) is 16.4. The van der Waals surface area contributed by atoms with Gasteiger partial charge in [-0.25, -0.2) is 0 Å². The minimum Gasteiger partial charge on any atom is -0.381 e. The van der Waals surface area contributed by atoms with Gasteiger partial charge in [0.2, 0.25) is 0 Å². The predicted octanol–water partition coefficient (Wildman–Crippen LogP) is 2.94. The fourth-order valence-electron chi connectivity index (χ4n) is 6.34. The Kier molecular flexibility index (Phi) is 3.26.